The second-order valence-corrected chi connectivity index (χ2v) is 5.01. The van der Waals surface area contributed by atoms with Gasteiger partial charge in [0.2, 0.25) is 0 Å². The van der Waals surface area contributed by atoms with Crippen molar-refractivity contribution in [1.82, 2.24) is 34.5 Å². The molecule has 4 aromatic rings. The minimum absolute atomic E-state index is 0.120. The normalized spacial score (nSPS) is 11.8. The molecule has 0 aliphatic rings. The van der Waals surface area contributed by atoms with Crippen LogP contribution in [0, 0.1) is 11.3 Å². The van der Waals surface area contributed by atoms with Crippen molar-refractivity contribution in [2.75, 3.05) is 0 Å². The van der Waals surface area contributed by atoms with E-state index in [-0.39, 0.29) is 22.7 Å². The summed E-state index contributed by atoms with van der Waals surface area (Å²) in [7, 11) is 0. The van der Waals surface area contributed by atoms with Gasteiger partial charge in [0.15, 0.2) is 11.5 Å². The number of nitrogens with zero attached hydrogens (tertiary/aromatic N) is 6. The Morgan fingerprint density at radius 2 is 2.08 bits per heavy atom. The zero-order valence-corrected chi connectivity index (χ0v) is 12.2. The van der Waals surface area contributed by atoms with E-state index in [1.807, 2.05) is 6.07 Å². The minimum atomic E-state index is -4.68. The molecular weight excluding hydrogens is 337 g/mol. The zero-order chi connectivity index (χ0) is 17.6. The van der Waals surface area contributed by atoms with Crippen molar-refractivity contribution in [2.45, 2.75) is 6.18 Å². The number of imidazole rings is 2. The van der Waals surface area contributed by atoms with Crippen molar-refractivity contribution >= 4 is 5.65 Å². The van der Waals surface area contributed by atoms with Crippen molar-refractivity contribution in [2.24, 2.45) is 0 Å². The van der Waals surface area contributed by atoms with Gasteiger partial charge in [-0.25, -0.2) is 15.0 Å². The molecule has 25 heavy (non-hydrogen) atoms. The van der Waals surface area contributed by atoms with Crippen LogP contribution in [-0.4, -0.2) is 34.5 Å². The molecule has 0 aromatic carbocycles. The first-order valence-electron chi connectivity index (χ1n) is 6.89. The number of hydrogen-bond acceptors (Lipinski definition) is 5. The van der Waals surface area contributed by atoms with Crippen molar-refractivity contribution in [1.29, 1.82) is 5.26 Å². The van der Waals surface area contributed by atoms with Crippen LogP contribution in [0.2, 0.25) is 0 Å². The molecule has 0 fully saturated rings. The molecule has 0 amide bonds. The Labute approximate surface area is 137 Å². The minimum Gasteiger partial charge on any atom is -0.343 e. The average Bonchev–Trinajstić information content (AvgIpc) is 3.30. The average molecular weight is 344 g/mol. The second-order valence-electron chi connectivity index (χ2n) is 5.01. The van der Waals surface area contributed by atoms with Crippen LogP contribution in [0.15, 0.2) is 30.9 Å². The van der Waals surface area contributed by atoms with Crippen LogP contribution in [0.4, 0.5) is 13.2 Å². The standard InChI is InChI=1S/C14H7F3N8/c15-14(16,17)13-22-11(23-24-13)9-10(8-5-19-6-20-8)25-3-1-2-7(4-18)12(25)21-9/h1-3,5-6H,(H,19,20)(H,22,23,24). The highest BCUT2D eigenvalue weighted by Gasteiger charge is 2.36. The fourth-order valence-electron chi connectivity index (χ4n) is 2.46. The van der Waals surface area contributed by atoms with Crippen LogP contribution in [0.1, 0.15) is 11.4 Å². The Bertz CT molecular complexity index is 1100. The highest BCUT2D eigenvalue weighted by Crippen LogP contribution is 2.32. The molecule has 4 aromatic heterocycles. The maximum absolute atomic E-state index is 12.8. The summed E-state index contributed by atoms with van der Waals surface area (Å²) in [5, 5.41) is 14.7. The number of nitrogens with one attached hydrogen (secondary N) is 2. The van der Waals surface area contributed by atoms with Gasteiger partial charge < -0.3 is 4.98 Å². The Morgan fingerprint density at radius 1 is 1.24 bits per heavy atom. The first kappa shape index (κ1) is 14.9. The summed E-state index contributed by atoms with van der Waals surface area (Å²) in [5.74, 6) is -1.46. The number of aromatic amines is 2. The molecule has 4 rings (SSSR count). The number of H-pyrrole nitrogens is 2. The molecule has 0 atom stereocenters. The molecule has 0 radical (unpaired) electrons. The summed E-state index contributed by atoms with van der Waals surface area (Å²) < 4.78 is 39.9. The van der Waals surface area contributed by atoms with E-state index >= 15 is 0 Å². The molecule has 2 N–H and O–H groups in total. The molecule has 8 nitrogen and oxygen atoms in total. The molecule has 0 saturated heterocycles. The first-order valence-corrected chi connectivity index (χ1v) is 6.89. The van der Waals surface area contributed by atoms with Gasteiger partial charge in [-0.1, -0.05) is 0 Å². The van der Waals surface area contributed by atoms with Gasteiger partial charge >= 0.3 is 6.18 Å². The molecule has 0 unspecified atom stereocenters. The summed E-state index contributed by atoms with van der Waals surface area (Å²) >= 11 is 0. The van der Waals surface area contributed by atoms with Crippen molar-refractivity contribution in [3.05, 3.63) is 42.2 Å². The predicted octanol–water partition coefficient (Wildman–Crippen LogP) is 2.40. The zero-order valence-electron chi connectivity index (χ0n) is 12.2. The first-order chi connectivity index (χ1) is 12.0. The van der Waals surface area contributed by atoms with Gasteiger partial charge in [-0.05, 0) is 12.1 Å². The number of alkyl halides is 3. The van der Waals surface area contributed by atoms with E-state index in [4.69, 9.17) is 0 Å². The highest BCUT2D eigenvalue weighted by atomic mass is 19.4. The van der Waals surface area contributed by atoms with Crippen LogP contribution in [0.5, 0.6) is 0 Å². The summed E-state index contributed by atoms with van der Waals surface area (Å²) in [5.41, 5.74) is 1.59. The van der Waals surface area contributed by atoms with Crippen molar-refractivity contribution in [3.63, 3.8) is 0 Å². The third-order valence-corrected chi connectivity index (χ3v) is 3.49. The molecule has 0 bridgehead atoms. The Morgan fingerprint density at radius 3 is 2.72 bits per heavy atom. The molecule has 124 valence electrons. The lowest BCUT2D eigenvalue weighted by atomic mass is 10.2. The third kappa shape index (κ3) is 2.31. The Hall–Kier alpha value is -3.68. The number of aromatic nitrogens is 7. The van der Waals surface area contributed by atoms with E-state index < -0.39 is 12.0 Å². The molecule has 0 aliphatic carbocycles. The van der Waals surface area contributed by atoms with Crippen LogP contribution < -0.4 is 0 Å². The monoisotopic (exact) mass is 344 g/mol. The molecule has 0 spiro atoms. The van der Waals surface area contributed by atoms with Crippen LogP contribution >= 0.6 is 0 Å². The lowest BCUT2D eigenvalue weighted by molar-refractivity contribution is -0.144. The molecular formula is C14H7F3N8. The fourth-order valence-corrected chi connectivity index (χ4v) is 2.46. The van der Waals surface area contributed by atoms with Gasteiger partial charge in [0.05, 0.1) is 23.8 Å². The number of halogens is 3. The molecule has 0 saturated carbocycles. The van der Waals surface area contributed by atoms with E-state index in [9.17, 15) is 18.4 Å². The maximum Gasteiger partial charge on any atom is 0.453 e. The smallest absolute Gasteiger partial charge is 0.343 e. The number of pyridine rings is 1. The Balaban J connectivity index is 2.02. The van der Waals surface area contributed by atoms with E-state index in [0.717, 1.165) is 0 Å². The van der Waals surface area contributed by atoms with E-state index in [0.29, 0.717) is 11.4 Å². The predicted molar refractivity (Wildman–Crippen MR) is 77.9 cm³/mol. The highest BCUT2D eigenvalue weighted by molar-refractivity contribution is 5.78. The van der Waals surface area contributed by atoms with Crippen LogP contribution in [0.3, 0.4) is 0 Å². The van der Waals surface area contributed by atoms with Gasteiger partial charge in [0.1, 0.15) is 17.5 Å². The summed E-state index contributed by atoms with van der Waals surface area (Å²) in [6.07, 6.45) is -0.120. The number of fused-ring (bicyclic) bond motifs is 1. The SMILES string of the molecule is N#Cc1cccn2c(-c3cnc[nH]3)c(-c3nc(C(F)(F)F)n[nH]3)nc12. The lowest BCUT2D eigenvalue weighted by Crippen LogP contribution is -2.07. The van der Waals surface area contributed by atoms with Gasteiger partial charge in [0.25, 0.3) is 5.82 Å². The quantitative estimate of drug-likeness (QED) is 0.580. The van der Waals surface area contributed by atoms with Gasteiger partial charge in [-0.15, -0.1) is 5.10 Å². The van der Waals surface area contributed by atoms with E-state index in [2.05, 4.69) is 30.1 Å². The van der Waals surface area contributed by atoms with Crippen LogP contribution in [0.25, 0.3) is 28.6 Å². The van der Waals surface area contributed by atoms with Crippen molar-refractivity contribution in [3.8, 4) is 29.0 Å². The lowest BCUT2D eigenvalue weighted by Gasteiger charge is -2.01. The molecule has 11 heteroatoms. The summed E-state index contributed by atoms with van der Waals surface area (Å²) in [6, 6.07) is 5.20. The summed E-state index contributed by atoms with van der Waals surface area (Å²) in [6.45, 7) is 0. The topological polar surface area (TPSA) is 111 Å². The largest absolute Gasteiger partial charge is 0.453 e. The summed E-state index contributed by atoms with van der Waals surface area (Å²) in [4.78, 5) is 14.6. The molecule has 4 heterocycles. The number of nitriles is 1. The van der Waals surface area contributed by atoms with Crippen LogP contribution in [-0.2, 0) is 6.18 Å². The van der Waals surface area contributed by atoms with Crippen molar-refractivity contribution < 1.29 is 13.2 Å². The molecule has 0 aliphatic heterocycles. The van der Waals surface area contributed by atoms with Gasteiger partial charge in [0, 0.05) is 6.20 Å². The second kappa shape index (κ2) is 5.17. The van der Waals surface area contributed by atoms with Gasteiger partial charge in [-0.2, -0.15) is 18.4 Å². The third-order valence-electron chi connectivity index (χ3n) is 3.49. The Kier molecular flexibility index (Phi) is 3.08. The van der Waals surface area contributed by atoms with E-state index in [1.165, 1.54) is 12.5 Å². The van der Waals surface area contributed by atoms with Gasteiger partial charge in [-0.3, -0.25) is 9.50 Å². The maximum atomic E-state index is 12.8. The fraction of sp³-hybridized carbons (Fsp3) is 0.0714. The number of rotatable bonds is 2. The van der Waals surface area contributed by atoms with E-state index in [1.54, 1.807) is 22.7 Å². The number of hydrogen-bond donors (Lipinski definition) is 2.